The molecule has 4 heteroatoms. The molecule has 98 valence electrons. The molecule has 0 bridgehead atoms. The fourth-order valence-corrected chi connectivity index (χ4v) is 1.91. The minimum Gasteiger partial charge on any atom is -0.337 e. The van der Waals surface area contributed by atoms with E-state index in [1.165, 1.54) is 0 Å². The molecule has 0 aliphatic heterocycles. The van der Waals surface area contributed by atoms with Gasteiger partial charge in [0.05, 0.1) is 6.33 Å². The minimum atomic E-state index is 0.213. The molecule has 0 unspecified atom stereocenters. The van der Waals surface area contributed by atoms with Gasteiger partial charge in [0, 0.05) is 25.5 Å². The second-order valence-electron chi connectivity index (χ2n) is 5.39. The largest absolute Gasteiger partial charge is 0.337 e. The summed E-state index contributed by atoms with van der Waals surface area (Å²) in [5.74, 6) is 0. The number of nitrogens with zero attached hydrogens (tertiary/aromatic N) is 3. The maximum atomic E-state index is 5.78. The van der Waals surface area contributed by atoms with Crippen LogP contribution in [0.25, 0.3) is 0 Å². The van der Waals surface area contributed by atoms with E-state index in [2.05, 4.69) is 35.2 Å². The van der Waals surface area contributed by atoms with Gasteiger partial charge < -0.3 is 15.2 Å². The lowest BCUT2D eigenvalue weighted by atomic mass is 9.93. The van der Waals surface area contributed by atoms with Gasteiger partial charge in [-0.1, -0.05) is 20.8 Å². The molecule has 0 atom stereocenters. The molecule has 0 saturated carbocycles. The summed E-state index contributed by atoms with van der Waals surface area (Å²) in [6.07, 6.45) is 6.88. The first kappa shape index (κ1) is 14.2. The summed E-state index contributed by atoms with van der Waals surface area (Å²) in [6, 6.07) is 0. The Morgan fingerprint density at radius 2 is 2.18 bits per heavy atom. The topological polar surface area (TPSA) is 47.1 Å². The van der Waals surface area contributed by atoms with Gasteiger partial charge in [0.25, 0.3) is 0 Å². The standard InChI is InChI=1S/C13H26N4/c1-4-16(11-13(2,3)10-14)7-5-8-17-9-6-15-12-17/h6,9,12H,4-5,7-8,10-11,14H2,1-3H3. The Balaban J connectivity index is 2.27. The third-order valence-electron chi connectivity index (χ3n) is 3.10. The Morgan fingerprint density at radius 1 is 1.41 bits per heavy atom. The van der Waals surface area contributed by atoms with Crippen molar-refractivity contribution in [3.63, 3.8) is 0 Å². The predicted octanol–water partition coefficient (Wildman–Crippen LogP) is 1.58. The molecule has 0 spiro atoms. The molecule has 0 saturated heterocycles. The summed E-state index contributed by atoms with van der Waals surface area (Å²) in [5.41, 5.74) is 5.99. The van der Waals surface area contributed by atoms with Crippen LogP contribution in [0.3, 0.4) is 0 Å². The predicted molar refractivity (Wildman–Crippen MR) is 71.8 cm³/mol. The Morgan fingerprint density at radius 3 is 2.71 bits per heavy atom. The van der Waals surface area contributed by atoms with Crippen molar-refractivity contribution >= 4 is 0 Å². The van der Waals surface area contributed by atoms with E-state index >= 15 is 0 Å². The van der Waals surface area contributed by atoms with Crippen LogP contribution in [0, 0.1) is 5.41 Å². The van der Waals surface area contributed by atoms with Gasteiger partial charge in [-0.05, 0) is 31.5 Å². The average molecular weight is 238 g/mol. The fourth-order valence-electron chi connectivity index (χ4n) is 1.91. The maximum absolute atomic E-state index is 5.78. The molecule has 1 rings (SSSR count). The van der Waals surface area contributed by atoms with Crippen molar-refractivity contribution in [3.05, 3.63) is 18.7 Å². The van der Waals surface area contributed by atoms with Crippen LogP contribution in [0.15, 0.2) is 18.7 Å². The maximum Gasteiger partial charge on any atom is 0.0945 e. The second-order valence-corrected chi connectivity index (χ2v) is 5.39. The lowest BCUT2D eigenvalue weighted by Gasteiger charge is -2.31. The highest BCUT2D eigenvalue weighted by Crippen LogP contribution is 2.14. The molecule has 17 heavy (non-hydrogen) atoms. The van der Waals surface area contributed by atoms with Gasteiger partial charge in [-0.2, -0.15) is 0 Å². The molecule has 0 radical (unpaired) electrons. The Labute approximate surface area is 105 Å². The molecule has 0 aliphatic carbocycles. The third kappa shape index (κ3) is 5.33. The van der Waals surface area contributed by atoms with Crippen molar-refractivity contribution in [2.75, 3.05) is 26.2 Å². The van der Waals surface area contributed by atoms with Crippen molar-refractivity contribution in [1.82, 2.24) is 14.5 Å². The van der Waals surface area contributed by atoms with Crippen LogP contribution in [0.2, 0.25) is 0 Å². The highest BCUT2D eigenvalue weighted by molar-refractivity contribution is 4.76. The molecule has 4 nitrogen and oxygen atoms in total. The zero-order chi connectivity index (χ0) is 12.7. The van der Waals surface area contributed by atoms with E-state index in [9.17, 15) is 0 Å². The minimum absolute atomic E-state index is 0.213. The Kier molecular flexibility index (Phi) is 5.65. The number of nitrogens with two attached hydrogens (primary N) is 1. The lowest BCUT2D eigenvalue weighted by molar-refractivity contribution is 0.186. The summed E-state index contributed by atoms with van der Waals surface area (Å²) < 4.78 is 2.13. The van der Waals surface area contributed by atoms with Gasteiger partial charge in [-0.3, -0.25) is 0 Å². The second kappa shape index (κ2) is 6.77. The number of hydrogen-bond acceptors (Lipinski definition) is 3. The molecule has 1 heterocycles. The smallest absolute Gasteiger partial charge is 0.0945 e. The highest BCUT2D eigenvalue weighted by Gasteiger charge is 2.18. The molecule has 0 aromatic carbocycles. The average Bonchev–Trinajstić information content (AvgIpc) is 2.80. The van der Waals surface area contributed by atoms with Crippen molar-refractivity contribution in [2.24, 2.45) is 11.1 Å². The van der Waals surface area contributed by atoms with E-state index in [1.807, 2.05) is 18.7 Å². The van der Waals surface area contributed by atoms with E-state index in [1.54, 1.807) is 0 Å². The monoisotopic (exact) mass is 238 g/mol. The van der Waals surface area contributed by atoms with E-state index < -0.39 is 0 Å². The highest BCUT2D eigenvalue weighted by atomic mass is 15.1. The van der Waals surface area contributed by atoms with E-state index in [0.29, 0.717) is 0 Å². The fraction of sp³-hybridized carbons (Fsp3) is 0.769. The number of imidazole rings is 1. The first-order valence-electron chi connectivity index (χ1n) is 6.45. The number of aryl methyl sites for hydroxylation is 1. The molecule has 1 aromatic heterocycles. The molecular formula is C13H26N4. The van der Waals surface area contributed by atoms with E-state index in [-0.39, 0.29) is 5.41 Å². The van der Waals surface area contributed by atoms with E-state index in [4.69, 9.17) is 5.73 Å². The number of aromatic nitrogens is 2. The quantitative estimate of drug-likeness (QED) is 0.748. The van der Waals surface area contributed by atoms with Gasteiger partial charge in [-0.25, -0.2) is 4.98 Å². The van der Waals surface area contributed by atoms with Gasteiger partial charge in [0.1, 0.15) is 0 Å². The van der Waals surface area contributed by atoms with Gasteiger partial charge in [0.15, 0.2) is 0 Å². The van der Waals surface area contributed by atoms with Crippen LogP contribution in [-0.4, -0.2) is 40.6 Å². The van der Waals surface area contributed by atoms with Gasteiger partial charge >= 0.3 is 0 Å². The summed E-state index contributed by atoms with van der Waals surface area (Å²) in [5, 5.41) is 0. The van der Waals surface area contributed by atoms with Gasteiger partial charge in [0.2, 0.25) is 0 Å². The van der Waals surface area contributed by atoms with Gasteiger partial charge in [-0.15, -0.1) is 0 Å². The summed E-state index contributed by atoms with van der Waals surface area (Å²) in [7, 11) is 0. The number of rotatable bonds is 8. The third-order valence-corrected chi connectivity index (χ3v) is 3.10. The molecule has 0 fully saturated rings. The summed E-state index contributed by atoms with van der Waals surface area (Å²) in [4.78, 5) is 6.52. The Bertz CT molecular complexity index is 292. The molecule has 1 aromatic rings. The first-order chi connectivity index (χ1) is 8.07. The van der Waals surface area contributed by atoms with Crippen LogP contribution in [0.5, 0.6) is 0 Å². The SMILES string of the molecule is CCN(CCCn1ccnc1)CC(C)(C)CN. The molecule has 0 amide bonds. The zero-order valence-corrected chi connectivity index (χ0v) is 11.4. The summed E-state index contributed by atoms with van der Waals surface area (Å²) in [6.45, 7) is 11.7. The lowest BCUT2D eigenvalue weighted by Crippen LogP contribution is -2.39. The van der Waals surface area contributed by atoms with Crippen molar-refractivity contribution < 1.29 is 0 Å². The van der Waals surface area contributed by atoms with Crippen molar-refractivity contribution in [3.8, 4) is 0 Å². The summed E-state index contributed by atoms with van der Waals surface area (Å²) >= 11 is 0. The van der Waals surface area contributed by atoms with Crippen molar-refractivity contribution in [1.29, 1.82) is 0 Å². The van der Waals surface area contributed by atoms with Crippen LogP contribution < -0.4 is 5.73 Å². The van der Waals surface area contributed by atoms with Crippen molar-refractivity contribution in [2.45, 2.75) is 33.7 Å². The van der Waals surface area contributed by atoms with Crippen LogP contribution in [-0.2, 0) is 6.54 Å². The zero-order valence-electron chi connectivity index (χ0n) is 11.4. The normalized spacial score (nSPS) is 12.3. The molecular weight excluding hydrogens is 212 g/mol. The molecule has 2 N–H and O–H groups in total. The van der Waals surface area contributed by atoms with Crippen LogP contribution in [0.4, 0.5) is 0 Å². The van der Waals surface area contributed by atoms with Crippen LogP contribution in [0.1, 0.15) is 27.2 Å². The Hall–Kier alpha value is -0.870. The van der Waals surface area contributed by atoms with Crippen LogP contribution >= 0.6 is 0 Å². The number of hydrogen-bond donors (Lipinski definition) is 1. The van der Waals surface area contributed by atoms with E-state index in [0.717, 1.165) is 39.1 Å². The first-order valence-corrected chi connectivity index (χ1v) is 6.45. The molecule has 0 aliphatic rings.